The highest BCUT2D eigenvalue weighted by molar-refractivity contribution is 9.10. The van der Waals surface area contributed by atoms with E-state index in [0.717, 1.165) is 27.0 Å². The third kappa shape index (κ3) is 3.33. The molecule has 0 saturated carbocycles. The maximum Gasteiger partial charge on any atom is 0.331 e. The Morgan fingerprint density at radius 2 is 1.65 bits per heavy atom. The highest BCUT2D eigenvalue weighted by atomic mass is 79.9. The van der Waals surface area contributed by atoms with Gasteiger partial charge in [0.15, 0.2) is 11.6 Å². The summed E-state index contributed by atoms with van der Waals surface area (Å²) in [6, 6.07) is 25.1. The highest BCUT2D eigenvalue weighted by Crippen LogP contribution is 2.47. The van der Waals surface area contributed by atoms with Crippen molar-refractivity contribution >= 4 is 39.2 Å². The summed E-state index contributed by atoms with van der Waals surface area (Å²) < 4.78 is 6.53. The number of carbonyl (C=O) groups is 2. The van der Waals surface area contributed by atoms with Crippen LogP contribution in [0.1, 0.15) is 11.1 Å². The lowest BCUT2D eigenvalue weighted by molar-refractivity contribution is -0.143. The second kappa shape index (κ2) is 7.71. The Morgan fingerprint density at radius 3 is 2.35 bits per heavy atom. The van der Waals surface area contributed by atoms with Gasteiger partial charge in [-0.3, -0.25) is 4.79 Å². The number of nitrogens with one attached hydrogen (secondary N) is 1. The summed E-state index contributed by atoms with van der Waals surface area (Å²) in [4.78, 5) is 27.8. The molecule has 154 valence electrons. The van der Waals surface area contributed by atoms with Gasteiger partial charge in [-0.1, -0.05) is 64.5 Å². The molecule has 2 atom stereocenters. The van der Waals surface area contributed by atoms with Crippen molar-refractivity contribution < 1.29 is 14.3 Å². The van der Waals surface area contributed by atoms with Crippen molar-refractivity contribution in [3.63, 3.8) is 0 Å². The van der Waals surface area contributed by atoms with Crippen LogP contribution in [0.15, 0.2) is 95.5 Å². The monoisotopic (exact) mass is 474 g/mol. The zero-order valence-electron chi connectivity index (χ0n) is 16.5. The summed E-state index contributed by atoms with van der Waals surface area (Å²) in [7, 11) is 0. The van der Waals surface area contributed by atoms with Gasteiger partial charge in [-0.15, -0.1) is 0 Å². The molecule has 2 aliphatic rings. The number of fused-ring (bicyclic) bond motifs is 1. The van der Waals surface area contributed by atoms with Crippen LogP contribution < -0.4 is 10.2 Å². The predicted molar refractivity (Wildman–Crippen MR) is 123 cm³/mol. The smallest absolute Gasteiger partial charge is 0.331 e. The van der Waals surface area contributed by atoms with E-state index in [1.165, 1.54) is 6.08 Å². The first-order chi connectivity index (χ1) is 15.1. The number of nitrogens with zero attached hydrogens (tertiary/aromatic N) is 1. The number of esters is 1. The summed E-state index contributed by atoms with van der Waals surface area (Å²) in [6.45, 7) is 0.421. The Kier molecular flexibility index (Phi) is 4.87. The number of benzene rings is 3. The van der Waals surface area contributed by atoms with Gasteiger partial charge in [0.1, 0.15) is 0 Å². The average molecular weight is 475 g/mol. The van der Waals surface area contributed by atoms with Crippen molar-refractivity contribution in [1.82, 2.24) is 0 Å². The molecular formula is C25H19BrN2O3. The van der Waals surface area contributed by atoms with E-state index in [-0.39, 0.29) is 5.91 Å². The van der Waals surface area contributed by atoms with Gasteiger partial charge in [0.25, 0.3) is 5.91 Å². The van der Waals surface area contributed by atoms with Gasteiger partial charge in [0, 0.05) is 21.8 Å². The Balaban J connectivity index is 1.64. The minimum Gasteiger partial charge on any atom is -0.451 e. The standard InChI is InChI=1S/C25H19BrN2O3/c26-18-10-12-19(13-11-18)27-25(22-14-15-23(29)31-22)20-8-4-5-9-21(20)28(24(25)30)16-17-6-2-1-3-7-17/h1-15,22,27H,16H2/t22-,25-/m0/s1. The zero-order chi connectivity index (χ0) is 21.4. The first kappa shape index (κ1) is 19.6. The van der Waals surface area contributed by atoms with Crippen LogP contribution in [-0.2, 0) is 26.4 Å². The molecule has 5 rings (SSSR count). The summed E-state index contributed by atoms with van der Waals surface area (Å²) in [6.07, 6.45) is 2.28. The lowest BCUT2D eigenvalue weighted by Gasteiger charge is -2.34. The first-order valence-corrected chi connectivity index (χ1v) is 10.8. The number of halogens is 1. The van der Waals surface area contributed by atoms with Crippen LogP contribution in [0.4, 0.5) is 11.4 Å². The first-order valence-electron chi connectivity index (χ1n) is 9.96. The van der Waals surface area contributed by atoms with Crippen molar-refractivity contribution in [2.45, 2.75) is 18.2 Å². The van der Waals surface area contributed by atoms with Gasteiger partial charge in [0.2, 0.25) is 0 Å². The Bertz CT molecular complexity index is 1180. The largest absolute Gasteiger partial charge is 0.451 e. The van der Waals surface area contributed by atoms with Gasteiger partial charge >= 0.3 is 5.97 Å². The average Bonchev–Trinajstić information content (AvgIpc) is 3.32. The molecule has 0 saturated heterocycles. The van der Waals surface area contributed by atoms with Crippen LogP contribution in [0.3, 0.4) is 0 Å². The molecule has 6 heteroatoms. The van der Waals surface area contributed by atoms with Crippen LogP contribution in [0.25, 0.3) is 0 Å². The number of carbonyl (C=O) groups excluding carboxylic acids is 2. The molecular weight excluding hydrogens is 456 g/mol. The minimum absolute atomic E-state index is 0.162. The van der Waals surface area contributed by atoms with Gasteiger partial charge in [-0.25, -0.2) is 4.79 Å². The van der Waals surface area contributed by atoms with Crippen LogP contribution in [-0.4, -0.2) is 18.0 Å². The second-order valence-corrected chi connectivity index (χ2v) is 8.47. The molecule has 1 amide bonds. The normalized spacial score (nSPS) is 21.8. The lowest BCUT2D eigenvalue weighted by Crippen LogP contribution is -2.53. The number of rotatable bonds is 5. The van der Waals surface area contributed by atoms with Crippen LogP contribution in [0, 0.1) is 0 Å². The van der Waals surface area contributed by atoms with Gasteiger partial charge in [0.05, 0.1) is 12.2 Å². The predicted octanol–water partition coefficient (Wildman–Crippen LogP) is 4.78. The zero-order valence-corrected chi connectivity index (χ0v) is 18.1. The third-order valence-electron chi connectivity index (χ3n) is 5.65. The molecule has 31 heavy (non-hydrogen) atoms. The molecule has 0 aromatic heterocycles. The lowest BCUT2D eigenvalue weighted by atomic mass is 9.85. The molecule has 5 nitrogen and oxygen atoms in total. The number of hydrogen-bond acceptors (Lipinski definition) is 4. The molecule has 0 unspecified atom stereocenters. The van der Waals surface area contributed by atoms with E-state index in [1.807, 2.05) is 78.9 Å². The van der Waals surface area contributed by atoms with E-state index < -0.39 is 17.6 Å². The molecule has 0 fully saturated rings. The Labute approximate surface area is 188 Å². The molecule has 2 aliphatic heterocycles. The maximum atomic E-state index is 14.1. The maximum absolute atomic E-state index is 14.1. The van der Waals surface area contributed by atoms with Crippen LogP contribution in [0.5, 0.6) is 0 Å². The fraction of sp³-hybridized carbons (Fsp3) is 0.120. The fourth-order valence-corrected chi connectivity index (χ4v) is 4.50. The van der Waals surface area contributed by atoms with E-state index in [2.05, 4.69) is 21.2 Å². The topological polar surface area (TPSA) is 58.6 Å². The Morgan fingerprint density at radius 1 is 0.935 bits per heavy atom. The second-order valence-electron chi connectivity index (χ2n) is 7.55. The van der Waals surface area contributed by atoms with E-state index in [0.29, 0.717) is 6.54 Å². The van der Waals surface area contributed by atoms with Crippen molar-refractivity contribution in [3.05, 3.63) is 107 Å². The van der Waals surface area contributed by atoms with Crippen molar-refractivity contribution in [1.29, 1.82) is 0 Å². The molecule has 2 heterocycles. The number of para-hydroxylation sites is 1. The summed E-state index contributed by atoms with van der Waals surface area (Å²) in [5.41, 5.74) is 2.09. The molecule has 0 bridgehead atoms. The number of amides is 1. The van der Waals surface area contributed by atoms with Gasteiger partial charge < -0.3 is 15.0 Å². The highest BCUT2D eigenvalue weighted by Gasteiger charge is 2.57. The number of hydrogen-bond donors (Lipinski definition) is 1. The quantitative estimate of drug-likeness (QED) is 0.540. The molecule has 0 radical (unpaired) electrons. The van der Waals surface area contributed by atoms with Gasteiger partial charge in [-0.2, -0.15) is 0 Å². The Hall–Kier alpha value is -3.38. The molecule has 1 N–H and O–H groups in total. The molecule has 3 aromatic rings. The number of anilines is 2. The van der Waals surface area contributed by atoms with Crippen LogP contribution >= 0.6 is 15.9 Å². The van der Waals surface area contributed by atoms with Crippen molar-refractivity contribution in [2.75, 3.05) is 10.2 Å². The van der Waals surface area contributed by atoms with Crippen LogP contribution in [0.2, 0.25) is 0 Å². The SMILES string of the molecule is O=C1C=C[C@@H]([C@]2(Nc3ccc(Br)cc3)C(=O)N(Cc3ccccc3)c3ccccc32)O1. The van der Waals surface area contributed by atoms with E-state index in [4.69, 9.17) is 4.74 Å². The molecule has 0 spiro atoms. The summed E-state index contributed by atoms with van der Waals surface area (Å²) in [5.74, 6) is -0.612. The summed E-state index contributed by atoms with van der Waals surface area (Å²) in [5, 5.41) is 3.43. The number of ether oxygens (including phenoxy) is 1. The minimum atomic E-state index is -1.26. The summed E-state index contributed by atoms with van der Waals surface area (Å²) >= 11 is 3.45. The third-order valence-corrected chi connectivity index (χ3v) is 6.18. The van der Waals surface area contributed by atoms with E-state index in [9.17, 15) is 9.59 Å². The van der Waals surface area contributed by atoms with Crippen molar-refractivity contribution in [2.24, 2.45) is 0 Å². The molecule has 3 aromatic carbocycles. The van der Waals surface area contributed by atoms with Crippen molar-refractivity contribution in [3.8, 4) is 0 Å². The molecule has 0 aliphatic carbocycles. The van der Waals surface area contributed by atoms with Gasteiger partial charge in [-0.05, 0) is 42.0 Å². The van der Waals surface area contributed by atoms with E-state index >= 15 is 0 Å². The number of cyclic esters (lactones) is 1. The fourth-order valence-electron chi connectivity index (χ4n) is 4.23. The van der Waals surface area contributed by atoms with E-state index in [1.54, 1.807) is 11.0 Å².